The van der Waals surface area contributed by atoms with Crippen molar-refractivity contribution >= 4 is 23.0 Å². The fourth-order valence-corrected chi connectivity index (χ4v) is 2.58. The first-order valence-electron chi connectivity index (χ1n) is 6.47. The molecular weight excluding hydrogens is 274 g/mol. The average Bonchev–Trinajstić information content (AvgIpc) is 2.86. The number of hydrogen-bond acceptors (Lipinski definition) is 7. The molecule has 0 amide bonds. The van der Waals surface area contributed by atoms with Crippen LogP contribution in [0.2, 0.25) is 0 Å². The van der Waals surface area contributed by atoms with Gasteiger partial charge in [0.25, 0.3) is 0 Å². The number of thiazole rings is 1. The molecule has 0 aromatic carbocycles. The van der Waals surface area contributed by atoms with Gasteiger partial charge in [-0.05, 0) is 20.8 Å². The highest BCUT2D eigenvalue weighted by Crippen LogP contribution is 2.32. The Morgan fingerprint density at radius 3 is 2.65 bits per heavy atom. The Hall–Kier alpha value is -1.89. The van der Waals surface area contributed by atoms with Crippen molar-refractivity contribution in [1.29, 1.82) is 0 Å². The Morgan fingerprint density at radius 1 is 1.30 bits per heavy atom. The molecule has 2 rings (SSSR count). The number of aromatic nitrogens is 3. The standard InChI is InChI=1S/C13H19N5OS/c1-5-14-11-10(19-4)12(17-7-16-11)18-9(3)13-15-6-8(2)20-13/h6-7,9H,5H2,1-4H3,(H2,14,16,17,18). The summed E-state index contributed by atoms with van der Waals surface area (Å²) in [5, 5.41) is 7.50. The predicted octanol–water partition coefficient (Wildman–Crippen LogP) is 2.86. The molecule has 2 aromatic heterocycles. The fraction of sp³-hybridized carbons (Fsp3) is 0.462. The second-order valence-corrected chi connectivity index (χ2v) is 5.58. The second-order valence-electron chi connectivity index (χ2n) is 4.31. The maximum Gasteiger partial charge on any atom is 0.204 e. The molecule has 0 aliphatic rings. The van der Waals surface area contributed by atoms with Crippen LogP contribution in [0.15, 0.2) is 12.5 Å². The van der Waals surface area contributed by atoms with Crippen LogP contribution in [0.25, 0.3) is 0 Å². The molecule has 108 valence electrons. The Kier molecular flexibility index (Phi) is 4.73. The molecule has 20 heavy (non-hydrogen) atoms. The van der Waals surface area contributed by atoms with Crippen LogP contribution >= 0.6 is 11.3 Å². The van der Waals surface area contributed by atoms with Gasteiger partial charge in [0, 0.05) is 17.6 Å². The van der Waals surface area contributed by atoms with E-state index in [2.05, 4.69) is 25.6 Å². The van der Waals surface area contributed by atoms with Crippen LogP contribution in [0.1, 0.15) is 29.8 Å². The van der Waals surface area contributed by atoms with Crippen molar-refractivity contribution in [2.75, 3.05) is 24.3 Å². The lowest BCUT2D eigenvalue weighted by molar-refractivity contribution is 0.414. The number of anilines is 2. The van der Waals surface area contributed by atoms with Crippen molar-refractivity contribution in [3.63, 3.8) is 0 Å². The predicted molar refractivity (Wildman–Crippen MR) is 81.6 cm³/mol. The molecule has 6 nitrogen and oxygen atoms in total. The molecule has 2 N–H and O–H groups in total. The molecule has 1 unspecified atom stereocenters. The topological polar surface area (TPSA) is 72.0 Å². The minimum Gasteiger partial charge on any atom is -0.490 e. The van der Waals surface area contributed by atoms with Gasteiger partial charge in [0.05, 0.1) is 13.2 Å². The zero-order valence-electron chi connectivity index (χ0n) is 12.1. The smallest absolute Gasteiger partial charge is 0.204 e. The van der Waals surface area contributed by atoms with E-state index in [1.54, 1.807) is 18.4 Å². The van der Waals surface area contributed by atoms with Crippen LogP contribution in [0, 0.1) is 6.92 Å². The number of ether oxygens (including phenoxy) is 1. The van der Waals surface area contributed by atoms with Gasteiger partial charge in [-0.25, -0.2) is 15.0 Å². The largest absolute Gasteiger partial charge is 0.490 e. The van der Waals surface area contributed by atoms with Crippen LogP contribution < -0.4 is 15.4 Å². The van der Waals surface area contributed by atoms with E-state index < -0.39 is 0 Å². The zero-order chi connectivity index (χ0) is 14.5. The number of nitrogens with zero attached hydrogens (tertiary/aromatic N) is 3. The minimum atomic E-state index is 0.0620. The summed E-state index contributed by atoms with van der Waals surface area (Å²) in [6.07, 6.45) is 3.39. The van der Waals surface area contributed by atoms with E-state index >= 15 is 0 Å². The molecule has 0 radical (unpaired) electrons. The molecule has 0 saturated heterocycles. The first-order valence-corrected chi connectivity index (χ1v) is 7.29. The zero-order valence-corrected chi connectivity index (χ0v) is 12.9. The lowest BCUT2D eigenvalue weighted by atomic mass is 10.3. The Labute approximate surface area is 122 Å². The summed E-state index contributed by atoms with van der Waals surface area (Å²) >= 11 is 1.67. The molecule has 0 bridgehead atoms. The van der Waals surface area contributed by atoms with Gasteiger partial charge in [0.15, 0.2) is 11.6 Å². The van der Waals surface area contributed by atoms with Crippen molar-refractivity contribution in [2.45, 2.75) is 26.8 Å². The van der Waals surface area contributed by atoms with Crippen LogP contribution in [-0.2, 0) is 0 Å². The SMILES string of the molecule is CCNc1ncnc(NC(C)c2ncc(C)s2)c1OC. The summed E-state index contributed by atoms with van der Waals surface area (Å²) in [4.78, 5) is 14.0. The minimum absolute atomic E-state index is 0.0620. The van der Waals surface area contributed by atoms with E-state index in [9.17, 15) is 0 Å². The molecule has 7 heteroatoms. The molecule has 0 saturated carbocycles. The van der Waals surface area contributed by atoms with E-state index in [0.29, 0.717) is 17.4 Å². The fourth-order valence-electron chi connectivity index (χ4n) is 1.80. The maximum absolute atomic E-state index is 5.40. The maximum atomic E-state index is 5.40. The number of methoxy groups -OCH3 is 1. The molecule has 0 spiro atoms. The highest BCUT2D eigenvalue weighted by Gasteiger charge is 2.16. The third-order valence-corrected chi connectivity index (χ3v) is 3.81. The second kappa shape index (κ2) is 6.51. The molecule has 1 atom stereocenters. The number of hydrogen-bond donors (Lipinski definition) is 2. The van der Waals surface area contributed by atoms with Gasteiger partial charge in [-0.15, -0.1) is 11.3 Å². The summed E-state index contributed by atoms with van der Waals surface area (Å²) in [5.41, 5.74) is 0. The third kappa shape index (κ3) is 3.16. The Bertz CT molecular complexity index is 572. The van der Waals surface area contributed by atoms with Gasteiger partial charge < -0.3 is 15.4 Å². The summed E-state index contributed by atoms with van der Waals surface area (Å²) in [6, 6.07) is 0.0620. The van der Waals surface area contributed by atoms with Gasteiger partial charge in [0.1, 0.15) is 11.3 Å². The lowest BCUT2D eigenvalue weighted by Gasteiger charge is -2.16. The summed E-state index contributed by atoms with van der Waals surface area (Å²) in [5.74, 6) is 1.98. The molecule has 2 heterocycles. The first kappa shape index (κ1) is 14.5. The third-order valence-electron chi connectivity index (χ3n) is 2.71. The van der Waals surface area contributed by atoms with Crippen molar-refractivity contribution in [2.24, 2.45) is 0 Å². The molecule has 0 aliphatic carbocycles. The molecule has 0 aliphatic heterocycles. The molecule has 0 fully saturated rings. The van der Waals surface area contributed by atoms with E-state index in [0.717, 1.165) is 11.6 Å². The van der Waals surface area contributed by atoms with Gasteiger partial charge in [-0.3, -0.25) is 0 Å². The molecule has 2 aromatic rings. The van der Waals surface area contributed by atoms with Crippen molar-refractivity contribution in [3.05, 3.63) is 22.4 Å². The van der Waals surface area contributed by atoms with Crippen LogP contribution in [0.5, 0.6) is 5.75 Å². The average molecular weight is 293 g/mol. The highest BCUT2D eigenvalue weighted by molar-refractivity contribution is 7.11. The Morgan fingerprint density at radius 2 is 2.05 bits per heavy atom. The quantitative estimate of drug-likeness (QED) is 0.853. The van der Waals surface area contributed by atoms with E-state index in [1.807, 2.05) is 27.0 Å². The normalized spacial score (nSPS) is 12.0. The van der Waals surface area contributed by atoms with Crippen LogP contribution in [0.4, 0.5) is 11.6 Å². The summed E-state index contributed by atoms with van der Waals surface area (Å²) in [6.45, 7) is 6.87. The van der Waals surface area contributed by atoms with E-state index in [1.165, 1.54) is 11.2 Å². The highest BCUT2D eigenvalue weighted by atomic mass is 32.1. The lowest BCUT2D eigenvalue weighted by Crippen LogP contribution is -2.11. The van der Waals surface area contributed by atoms with Crippen LogP contribution in [0.3, 0.4) is 0 Å². The first-order chi connectivity index (χ1) is 9.65. The molecular formula is C13H19N5OS. The van der Waals surface area contributed by atoms with Crippen LogP contribution in [-0.4, -0.2) is 28.6 Å². The van der Waals surface area contributed by atoms with Gasteiger partial charge in [-0.2, -0.15) is 0 Å². The number of aryl methyl sites for hydroxylation is 1. The van der Waals surface area contributed by atoms with Gasteiger partial charge >= 0.3 is 0 Å². The van der Waals surface area contributed by atoms with Crippen molar-refractivity contribution < 1.29 is 4.74 Å². The van der Waals surface area contributed by atoms with Gasteiger partial charge in [0.2, 0.25) is 5.75 Å². The monoisotopic (exact) mass is 293 g/mol. The van der Waals surface area contributed by atoms with Gasteiger partial charge in [-0.1, -0.05) is 0 Å². The number of nitrogens with one attached hydrogen (secondary N) is 2. The van der Waals surface area contributed by atoms with Crippen molar-refractivity contribution in [1.82, 2.24) is 15.0 Å². The van der Waals surface area contributed by atoms with Crippen molar-refractivity contribution in [3.8, 4) is 5.75 Å². The van der Waals surface area contributed by atoms with E-state index in [4.69, 9.17) is 4.74 Å². The van der Waals surface area contributed by atoms with E-state index in [-0.39, 0.29) is 6.04 Å². The summed E-state index contributed by atoms with van der Waals surface area (Å²) in [7, 11) is 1.61. The number of rotatable bonds is 6. The Balaban J connectivity index is 2.22. The summed E-state index contributed by atoms with van der Waals surface area (Å²) < 4.78 is 5.40.